The summed E-state index contributed by atoms with van der Waals surface area (Å²) in [5.41, 5.74) is 0.0192. The molecule has 0 amide bonds. The smallest absolute Gasteiger partial charge is 0.119 e. The van der Waals surface area contributed by atoms with Gasteiger partial charge in [-0.05, 0) is 38.9 Å². The molecule has 0 unspecified atom stereocenters. The quantitative estimate of drug-likeness (QED) is 0.202. The summed E-state index contributed by atoms with van der Waals surface area (Å²) in [7, 11) is 0. The van der Waals surface area contributed by atoms with Crippen molar-refractivity contribution in [2.24, 2.45) is 0 Å². The Balaban J connectivity index is 1.80. The van der Waals surface area contributed by atoms with Crippen LogP contribution in [-0.4, -0.2) is 18.7 Å². The lowest BCUT2D eigenvalue weighted by molar-refractivity contribution is 0.208. The number of nitrogens with one attached hydrogen (secondary N) is 1. The number of hydrogen-bond donors (Lipinski definition) is 1. The molecule has 0 heterocycles. The molecular weight excluding hydrogens is 366 g/mol. The molecule has 0 aliphatic carbocycles. The van der Waals surface area contributed by atoms with Gasteiger partial charge in [-0.2, -0.15) is 0 Å². The zero-order valence-corrected chi connectivity index (χ0v) is 20.5. The zero-order chi connectivity index (χ0) is 21.8. The second kappa shape index (κ2) is 18.7. The molecular formula is C28H51NO. The highest BCUT2D eigenvalue weighted by Gasteiger charge is 2.17. The summed E-state index contributed by atoms with van der Waals surface area (Å²) in [6, 6.07) is 10.1. The van der Waals surface area contributed by atoms with Crippen LogP contribution in [-0.2, 0) is 0 Å². The van der Waals surface area contributed by atoms with Gasteiger partial charge in [-0.15, -0.1) is 0 Å². The first-order chi connectivity index (χ1) is 14.6. The van der Waals surface area contributed by atoms with E-state index in [0.717, 1.165) is 12.3 Å². The van der Waals surface area contributed by atoms with Crippen LogP contribution in [0.2, 0.25) is 0 Å². The van der Waals surface area contributed by atoms with Crippen molar-refractivity contribution >= 4 is 0 Å². The lowest BCUT2D eigenvalue weighted by atomic mass is 10.0. The van der Waals surface area contributed by atoms with Crippen molar-refractivity contribution in [2.45, 2.75) is 129 Å². The highest BCUT2D eigenvalue weighted by molar-refractivity contribution is 5.21. The van der Waals surface area contributed by atoms with Crippen molar-refractivity contribution in [3.8, 4) is 5.75 Å². The number of hydrogen-bond acceptors (Lipinski definition) is 2. The summed E-state index contributed by atoms with van der Waals surface area (Å²) >= 11 is 0. The lowest BCUT2D eigenvalue weighted by Crippen LogP contribution is -2.45. The molecule has 30 heavy (non-hydrogen) atoms. The Morgan fingerprint density at radius 2 is 1.07 bits per heavy atom. The molecule has 2 nitrogen and oxygen atoms in total. The Kier molecular flexibility index (Phi) is 16.9. The number of benzene rings is 1. The molecule has 0 bridgehead atoms. The second-order valence-electron chi connectivity index (χ2n) is 9.72. The predicted octanol–water partition coefficient (Wildman–Crippen LogP) is 8.70. The summed E-state index contributed by atoms with van der Waals surface area (Å²) in [6.45, 7) is 8.53. The first-order valence-electron chi connectivity index (χ1n) is 13.1. The third-order valence-electron chi connectivity index (χ3n) is 5.98. The van der Waals surface area contributed by atoms with Crippen molar-refractivity contribution in [1.82, 2.24) is 5.32 Å². The van der Waals surface area contributed by atoms with E-state index in [-0.39, 0.29) is 5.54 Å². The fraction of sp³-hybridized carbons (Fsp3) is 0.786. The average molecular weight is 418 g/mol. The van der Waals surface area contributed by atoms with Gasteiger partial charge in [0.25, 0.3) is 0 Å². The monoisotopic (exact) mass is 417 g/mol. The minimum absolute atomic E-state index is 0.0192. The molecule has 1 aromatic carbocycles. The van der Waals surface area contributed by atoms with Gasteiger partial charge in [-0.1, -0.05) is 121 Å². The van der Waals surface area contributed by atoms with Crippen molar-refractivity contribution in [2.75, 3.05) is 13.2 Å². The minimum atomic E-state index is 0.0192. The molecule has 0 fully saturated rings. The van der Waals surface area contributed by atoms with E-state index in [1.165, 1.54) is 103 Å². The van der Waals surface area contributed by atoms with Crippen molar-refractivity contribution in [3.63, 3.8) is 0 Å². The number of ether oxygens (including phenoxy) is 1. The Labute approximate surface area is 188 Å². The molecule has 0 saturated heterocycles. The fourth-order valence-corrected chi connectivity index (χ4v) is 3.93. The molecule has 0 aliphatic rings. The van der Waals surface area contributed by atoms with Crippen LogP contribution in [0.15, 0.2) is 30.3 Å². The molecule has 0 saturated carbocycles. The Morgan fingerprint density at radius 3 is 1.53 bits per heavy atom. The van der Waals surface area contributed by atoms with E-state index in [1.54, 1.807) is 0 Å². The van der Waals surface area contributed by atoms with Gasteiger partial charge in [-0.3, -0.25) is 0 Å². The Morgan fingerprint density at radius 1 is 0.633 bits per heavy atom. The van der Waals surface area contributed by atoms with Crippen LogP contribution in [0, 0.1) is 0 Å². The number of rotatable bonds is 21. The summed E-state index contributed by atoms with van der Waals surface area (Å²) in [5.74, 6) is 0.954. The summed E-state index contributed by atoms with van der Waals surface area (Å²) < 4.78 is 5.89. The summed E-state index contributed by atoms with van der Waals surface area (Å²) in [4.78, 5) is 0. The zero-order valence-electron chi connectivity index (χ0n) is 20.5. The van der Waals surface area contributed by atoms with Gasteiger partial charge in [0, 0.05) is 5.54 Å². The molecule has 0 atom stereocenters. The van der Waals surface area contributed by atoms with Crippen LogP contribution < -0.4 is 10.1 Å². The van der Waals surface area contributed by atoms with Gasteiger partial charge in [0.1, 0.15) is 12.4 Å². The predicted molar refractivity (Wildman–Crippen MR) is 134 cm³/mol. The molecule has 1 N–H and O–H groups in total. The number of unbranched alkanes of at least 4 members (excludes halogenated alkanes) is 15. The summed E-state index contributed by atoms with van der Waals surface area (Å²) in [5, 5.41) is 3.65. The molecule has 174 valence electrons. The van der Waals surface area contributed by atoms with Crippen molar-refractivity contribution in [1.29, 1.82) is 0 Å². The molecule has 1 aromatic rings. The molecule has 0 spiro atoms. The molecule has 0 aromatic heterocycles. The van der Waals surface area contributed by atoms with Gasteiger partial charge < -0.3 is 10.1 Å². The van der Waals surface area contributed by atoms with Crippen molar-refractivity contribution < 1.29 is 4.74 Å². The van der Waals surface area contributed by atoms with Gasteiger partial charge in [-0.25, -0.2) is 0 Å². The van der Waals surface area contributed by atoms with Crippen LogP contribution in [0.1, 0.15) is 124 Å². The third kappa shape index (κ3) is 16.7. The standard InChI is InChI=1S/C28H51NO/c1-4-5-6-7-8-9-10-11-12-13-14-15-16-17-18-22-25-29-28(2,3)26-30-27-23-20-19-21-24-27/h19-21,23-24,29H,4-18,22,25-26H2,1-3H3. The molecule has 1 rings (SSSR count). The maximum atomic E-state index is 5.89. The molecule has 0 radical (unpaired) electrons. The SMILES string of the molecule is CCCCCCCCCCCCCCCCCCNC(C)(C)COc1ccccc1. The van der Waals surface area contributed by atoms with Gasteiger partial charge in [0.05, 0.1) is 0 Å². The van der Waals surface area contributed by atoms with Crippen LogP contribution in [0.25, 0.3) is 0 Å². The van der Waals surface area contributed by atoms with Crippen LogP contribution in [0.4, 0.5) is 0 Å². The van der Waals surface area contributed by atoms with Crippen molar-refractivity contribution in [3.05, 3.63) is 30.3 Å². The Bertz CT molecular complexity index is 471. The first-order valence-corrected chi connectivity index (χ1v) is 13.1. The van der Waals surface area contributed by atoms with Gasteiger partial charge >= 0.3 is 0 Å². The van der Waals surface area contributed by atoms with E-state index in [2.05, 4.69) is 26.1 Å². The van der Waals surface area contributed by atoms with Gasteiger partial charge in [0.15, 0.2) is 0 Å². The highest BCUT2D eigenvalue weighted by atomic mass is 16.5. The first kappa shape index (κ1) is 27.0. The maximum absolute atomic E-state index is 5.89. The van der Waals surface area contributed by atoms with E-state index in [0.29, 0.717) is 6.61 Å². The minimum Gasteiger partial charge on any atom is -0.492 e. The Hall–Kier alpha value is -1.02. The van der Waals surface area contributed by atoms with Crippen LogP contribution in [0.5, 0.6) is 5.75 Å². The van der Waals surface area contributed by atoms with E-state index in [9.17, 15) is 0 Å². The topological polar surface area (TPSA) is 21.3 Å². The number of para-hydroxylation sites is 1. The van der Waals surface area contributed by atoms with Gasteiger partial charge in [0.2, 0.25) is 0 Å². The highest BCUT2D eigenvalue weighted by Crippen LogP contribution is 2.14. The second-order valence-corrected chi connectivity index (χ2v) is 9.72. The van der Waals surface area contributed by atoms with Crippen LogP contribution in [0.3, 0.4) is 0 Å². The van der Waals surface area contributed by atoms with E-state index in [1.807, 2.05) is 30.3 Å². The van der Waals surface area contributed by atoms with Crippen LogP contribution >= 0.6 is 0 Å². The lowest BCUT2D eigenvalue weighted by Gasteiger charge is -2.26. The molecule has 0 aliphatic heterocycles. The summed E-state index contributed by atoms with van der Waals surface area (Å²) in [6.07, 6.45) is 22.8. The fourth-order valence-electron chi connectivity index (χ4n) is 3.93. The van der Waals surface area contributed by atoms with E-state index >= 15 is 0 Å². The van der Waals surface area contributed by atoms with E-state index < -0.39 is 0 Å². The third-order valence-corrected chi connectivity index (χ3v) is 5.98. The van der Waals surface area contributed by atoms with E-state index in [4.69, 9.17) is 4.74 Å². The largest absolute Gasteiger partial charge is 0.492 e. The normalized spacial score (nSPS) is 11.7. The molecule has 2 heteroatoms. The maximum Gasteiger partial charge on any atom is 0.119 e. The average Bonchev–Trinajstić information content (AvgIpc) is 2.75.